The van der Waals surface area contributed by atoms with Gasteiger partial charge in [0, 0.05) is 11.8 Å². The van der Waals surface area contributed by atoms with Gasteiger partial charge in [0.15, 0.2) is 0 Å². The van der Waals surface area contributed by atoms with E-state index in [0.717, 1.165) is 30.3 Å². The summed E-state index contributed by atoms with van der Waals surface area (Å²) in [6.45, 7) is 13.9. The van der Waals surface area contributed by atoms with Gasteiger partial charge in [0.05, 0.1) is 41.4 Å². The van der Waals surface area contributed by atoms with E-state index in [0.29, 0.717) is 13.0 Å². The number of benzene rings is 1. The van der Waals surface area contributed by atoms with E-state index >= 15 is 0 Å². The number of likely N-dealkylation sites (tertiary alicyclic amines) is 1. The van der Waals surface area contributed by atoms with Crippen LogP contribution >= 0.6 is 11.8 Å². The van der Waals surface area contributed by atoms with Gasteiger partial charge < -0.3 is 19.6 Å². The zero-order valence-electron chi connectivity index (χ0n) is 25.3. The molecule has 3 saturated heterocycles. The smallest absolute Gasteiger partial charge is 0.310 e. The Labute approximate surface area is 257 Å². The van der Waals surface area contributed by atoms with E-state index in [-0.39, 0.29) is 54.7 Å². The van der Waals surface area contributed by atoms with Crippen molar-refractivity contribution >= 4 is 40.6 Å². The van der Waals surface area contributed by atoms with Crippen molar-refractivity contribution < 1.29 is 24.2 Å². The molecule has 0 aliphatic carbocycles. The normalized spacial score (nSPS) is 28.3. The second kappa shape index (κ2) is 12.8. The minimum absolute atomic E-state index is 0.00340. The summed E-state index contributed by atoms with van der Waals surface area (Å²) in [5, 5.41) is 19.0. The molecule has 43 heavy (non-hydrogen) atoms. The lowest BCUT2D eigenvalue weighted by atomic mass is 9.66. The first kappa shape index (κ1) is 31.3. The van der Waals surface area contributed by atoms with Gasteiger partial charge in [0.25, 0.3) is 0 Å². The topological polar surface area (TPSA) is 118 Å². The van der Waals surface area contributed by atoms with Gasteiger partial charge in [-0.15, -0.1) is 30.0 Å². The molecule has 0 saturated carbocycles. The van der Waals surface area contributed by atoms with E-state index in [4.69, 9.17) is 4.74 Å². The van der Waals surface area contributed by atoms with Crippen molar-refractivity contribution in [3.8, 4) is 0 Å². The molecule has 1 N–H and O–H groups in total. The first-order valence-electron chi connectivity index (χ1n) is 15.3. The first-order valence-corrected chi connectivity index (χ1v) is 16.1. The quantitative estimate of drug-likeness (QED) is 0.196. The Bertz CT molecular complexity index is 1380. The maximum Gasteiger partial charge on any atom is 0.310 e. The van der Waals surface area contributed by atoms with Gasteiger partial charge in [-0.1, -0.05) is 50.3 Å². The molecule has 1 spiro atoms. The number of thioether (sulfide) groups is 1. The molecule has 10 nitrogen and oxygen atoms in total. The highest BCUT2D eigenvalue weighted by atomic mass is 32.2. The Morgan fingerprint density at radius 3 is 2.72 bits per heavy atom. The number of aliphatic hydroxyl groups is 1. The van der Waals surface area contributed by atoms with E-state index in [2.05, 4.69) is 30.4 Å². The van der Waals surface area contributed by atoms with Crippen molar-refractivity contribution in [2.75, 3.05) is 19.8 Å². The number of hydrogen-bond donors (Lipinski definition) is 1. The van der Waals surface area contributed by atoms with Crippen LogP contribution in [-0.4, -0.2) is 89.5 Å². The summed E-state index contributed by atoms with van der Waals surface area (Å²) in [5.74, 6) is -2.30. The van der Waals surface area contributed by atoms with Crippen molar-refractivity contribution in [2.45, 2.75) is 75.2 Å². The summed E-state index contributed by atoms with van der Waals surface area (Å²) in [6, 6.07) is 6.09. The third kappa shape index (κ3) is 5.28. The second-order valence-electron chi connectivity index (χ2n) is 12.3. The molecule has 1 aromatic carbocycles. The number of para-hydroxylation sites is 1. The van der Waals surface area contributed by atoms with Crippen LogP contribution < -0.4 is 0 Å². The molecule has 3 unspecified atom stereocenters. The third-order valence-corrected chi connectivity index (χ3v) is 11.5. The van der Waals surface area contributed by atoms with Gasteiger partial charge in [0.1, 0.15) is 18.2 Å². The molecule has 1 aromatic heterocycles. The molecular formula is C32H43N5O5S. The van der Waals surface area contributed by atoms with Crippen molar-refractivity contribution in [1.29, 1.82) is 0 Å². The number of aliphatic hydroxyl groups excluding tert-OH is 1. The number of nitrogens with zero attached hydrogens (tertiary/aromatic N) is 5. The predicted molar refractivity (Wildman–Crippen MR) is 166 cm³/mol. The van der Waals surface area contributed by atoms with Crippen LogP contribution in [0.3, 0.4) is 0 Å². The maximum absolute atomic E-state index is 14.8. The number of aromatic nitrogens is 3. The van der Waals surface area contributed by atoms with Crippen LogP contribution in [0.4, 0.5) is 0 Å². The van der Waals surface area contributed by atoms with E-state index in [1.807, 2.05) is 44.2 Å². The zero-order chi connectivity index (χ0) is 30.9. The summed E-state index contributed by atoms with van der Waals surface area (Å²) >= 11 is 1.60. The summed E-state index contributed by atoms with van der Waals surface area (Å²) < 4.78 is 6.59. The lowest BCUT2D eigenvalue weighted by Crippen LogP contribution is -2.60. The number of rotatable bonds is 14. The fourth-order valence-corrected chi connectivity index (χ4v) is 9.76. The van der Waals surface area contributed by atoms with Crippen LogP contribution in [0, 0.1) is 23.7 Å². The minimum atomic E-state index is -0.866. The molecule has 2 bridgehead atoms. The largest absolute Gasteiger partial charge is 0.465 e. The highest BCUT2D eigenvalue weighted by Gasteiger charge is 2.77. The van der Waals surface area contributed by atoms with Gasteiger partial charge in [-0.25, -0.2) is 4.68 Å². The average Bonchev–Trinajstić information content (AvgIpc) is 3.70. The van der Waals surface area contributed by atoms with Crippen LogP contribution in [0.15, 0.2) is 49.6 Å². The molecule has 2 aromatic rings. The molecule has 7 atom stereocenters. The molecule has 3 aliphatic heterocycles. The first-order chi connectivity index (χ1) is 20.7. The standard InChI is InChI=1S/C32H43N5O5S/c1-6-8-9-12-16-42-31(41)26-25-17-21(5)32(43-25)27(26)29(39)37(24(18-38)20(3)4)28(32)30(40)35(15-7-2)19-36-23-14-11-10-13-22(23)33-34-36/h6-7,10-11,13-14,20-21,24-28,38H,1-2,8-9,12,15-19H2,3-5H3/t21?,24-,25-,26+,27-,28?,32?/m0/s1. The van der Waals surface area contributed by atoms with Crippen molar-refractivity contribution in [3.63, 3.8) is 0 Å². The Hall–Kier alpha value is -3.18. The maximum atomic E-state index is 14.8. The van der Waals surface area contributed by atoms with E-state index in [9.17, 15) is 19.5 Å². The lowest BCUT2D eigenvalue weighted by Gasteiger charge is -2.42. The summed E-state index contributed by atoms with van der Waals surface area (Å²) in [6.07, 6.45) is 6.67. The third-order valence-electron chi connectivity index (χ3n) is 9.44. The van der Waals surface area contributed by atoms with Gasteiger partial charge in [-0.05, 0) is 49.7 Å². The second-order valence-corrected chi connectivity index (χ2v) is 13.9. The van der Waals surface area contributed by atoms with Gasteiger partial charge in [-0.2, -0.15) is 0 Å². The number of ether oxygens (including phenoxy) is 1. The molecule has 4 heterocycles. The van der Waals surface area contributed by atoms with E-state index in [1.165, 1.54) is 0 Å². The van der Waals surface area contributed by atoms with Crippen LogP contribution in [-0.2, 0) is 25.8 Å². The Morgan fingerprint density at radius 1 is 1.26 bits per heavy atom. The number of esters is 1. The van der Waals surface area contributed by atoms with Crippen LogP contribution in [0.2, 0.25) is 0 Å². The van der Waals surface area contributed by atoms with E-state index < -0.39 is 28.7 Å². The van der Waals surface area contributed by atoms with Crippen molar-refractivity contribution in [1.82, 2.24) is 24.8 Å². The zero-order valence-corrected chi connectivity index (χ0v) is 26.1. The van der Waals surface area contributed by atoms with Crippen LogP contribution in [0.25, 0.3) is 11.0 Å². The van der Waals surface area contributed by atoms with Gasteiger partial charge in [-0.3, -0.25) is 14.4 Å². The van der Waals surface area contributed by atoms with Crippen molar-refractivity contribution in [2.24, 2.45) is 23.7 Å². The summed E-state index contributed by atoms with van der Waals surface area (Å²) in [5.41, 5.74) is 1.50. The minimum Gasteiger partial charge on any atom is -0.465 e. The van der Waals surface area contributed by atoms with Crippen LogP contribution in [0.1, 0.15) is 46.5 Å². The number of unbranched alkanes of at least 4 members (excludes halogenated alkanes) is 2. The number of carbonyl (C=O) groups is 3. The lowest BCUT2D eigenvalue weighted by molar-refractivity contribution is -0.155. The summed E-state index contributed by atoms with van der Waals surface area (Å²) in [4.78, 5) is 46.2. The van der Waals surface area contributed by atoms with Crippen molar-refractivity contribution in [3.05, 3.63) is 49.6 Å². The summed E-state index contributed by atoms with van der Waals surface area (Å²) in [7, 11) is 0. The molecule has 11 heteroatoms. The van der Waals surface area contributed by atoms with Crippen LogP contribution in [0.5, 0.6) is 0 Å². The molecule has 232 valence electrons. The fraction of sp³-hybridized carbons (Fsp3) is 0.594. The Kier molecular flexibility index (Phi) is 9.31. The number of hydrogen-bond acceptors (Lipinski definition) is 8. The number of carbonyl (C=O) groups excluding carboxylic acids is 3. The molecule has 5 rings (SSSR count). The number of allylic oxidation sites excluding steroid dienone is 1. The SMILES string of the molecule is C=CCCCCOC(=O)[C@@H]1[C@@H]2CC(C)C3(S2)C(C(=O)N(CC=C)Cn2nnc4ccccc42)N([C@@H](CO)C(C)C)C(=O)[C@H]13. The van der Waals surface area contributed by atoms with E-state index in [1.54, 1.807) is 32.3 Å². The Balaban J connectivity index is 1.51. The molecular weight excluding hydrogens is 566 g/mol. The fourth-order valence-electron chi connectivity index (χ4n) is 7.37. The number of fused-ring (bicyclic) bond motifs is 2. The van der Waals surface area contributed by atoms with Gasteiger partial charge in [0.2, 0.25) is 11.8 Å². The average molecular weight is 610 g/mol. The monoisotopic (exact) mass is 609 g/mol. The number of amides is 2. The molecule has 3 aliphatic rings. The molecule has 3 fully saturated rings. The van der Waals surface area contributed by atoms with Gasteiger partial charge >= 0.3 is 5.97 Å². The molecule has 0 radical (unpaired) electrons. The predicted octanol–water partition coefficient (Wildman–Crippen LogP) is 3.66. The molecule has 2 amide bonds. The highest BCUT2D eigenvalue weighted by Crippen LogP contribution is 2.69. The Morgan fingerprint density at radius 2 is 2.02 bits per heavy atom. The highest BCUT2D eigenvalue weighted by molar-refractivity contribution is 8.02.